The van der Waals surface area contributed by atoms with Crippen molar-refractivity contribution in [2.24, 2.45) is 0 Å². The summed E-state index contributed by atoms with van der Waals surface area (Å²) in [4.78, 5) is 26.6. The molecule has 2 amide bonds. The molecule has 28 heavy (non-hydrogen) atoms. The van der Waals surface area contributed by atoms with E-state index in [4.69, 9.17) is 0 Å². The number of benzene rings is 2. The van der Waals surface area contributed by atoms with Gasteiger partial charge in [0, 0.05) is 44.2 Å². The lowest BCUT2D eigenvalue weighted by atomic mass is 10.1. The minimum absolute atomic E-state index is 0.00431. The van der Waals surface area contributed by atoms with E-state index in [1.54, 1.807) is 18.3 Å². The van der Waals surface area contributed by atoms with Crippen molar-refractivity contribution in [2.75, 3.05) is 0 Å². The van der Waals surface area contributed by atoms with Gasteiger partial charge in [0.25, 0.3) is 5.69 Å². The number of carbonyl (C=O) groups is 1. The Morgan fingerprint density at radius 3 is 2.36 bits per heavy atom. The molecular weight excluding hydrogens is 358 g/mol. The van der Waals surface area contributed by atoms with Crippen LogP contribution < -0.4 is 10.6 Å². The van der Waals surface area contributed by atoms with Gasteiger partial charge in [-0.15, -0.1) is 0 Å². The first kappa shape index (κ1) is 19.1. The third-order valence-electron chi connectivity index (χ3n) is 4.30. The molecule has 0 aliphatic rings. The molecule has 0 bridgehead atoms. The fourth-order valence-corrected chi connectivity index (χ4v) is 2.81. The van der Waals surface area contributed by atoms with Gasteiger partial charge < -0.3 is 15.2 Å². The highest BCUT2D eigenvalue weighted by Crippen LogP contribution is 2.13. The Balaban J connectivity index is 1.50. The molecule has 0 saturated heterocycles. The molecule has 1 aromatic heterocycles. The third kappa shape index (κ3) is 5.16. The number of non-ortho nitro benzene ring substituents is 1. The van der Waals surface area contributed by atoms with Gasteiger partial charge >= 0.3 is 6.03 Å². The van der Waals surface area contributed by atoms with Gasteiger partial charge in [0.05, 0.1) is 4.92 Å². The molecule has 144 valence electrons. The highest BCUT2D eigenvalue weighted by molar-refractivity contribution is 5.73. The Kier molecular flexibility index (Phi) is 6.01. The normalized spacial score (nSPS) is 10.5. The smallest absolute Gasteiger partial charge is 0.315 e. The Hall–Kier alpha value is -3.68. The summed E-state index contributed by atoms with van der Waals surface area (Å²) >= 11 is 0. The number of nitrogens with one attached hydrogen (secondary N) is 2. The zero-order chi connectivity index (χ0) is 19.9. The molecule has 0 saturated carbocycles. The predicted octanol–water partition coefficient (Wildman–Crippen LogP) is 3.15. The number of hydrogen-bond acceptors (Lipinski definition) is 4. The zero-order valence-corrected chi connectivity index (χ0v) is 15.5. The van der Waals surface area contributed by atoms with Gasteiger partial charge in [0.2, 0.25) is 0 Å². The van der Waals surface area contributed by atoms with E-state index in [9.17, 15) is 14.9 Å². The van der Waals surface area contributed by atoms with Gasteiger partial charge in [-0.25, -0.2) is 9.78 Å². The van der Waals surface area contributed by atoms with E-state index in [1.165, 1.54) is 12.1 Å². The molecular formula is C20H21N5O3. The SMILES string of the molecule is Cc1nccn1Cc1cccc(CNC(=O)NCc2cccc([N+](=O)[O-])c2)c1. The van der Waals surface area contributed by atoms with Crippen LogP contribution in [-0.4, -0.2) is 20.5 Å². The first-order valence-corrected chi connectivity index (χ1v) is 8.82. The van der Waals surface area contributed by atoms with Crippen LogP contribution in [-0.2, 0) is 19.6 Å². The molecule has 8 heteroatoms. The molecule has 0 fully saturated rings. The number of nitro groups is 1. The quantitative estimate of drug-likeness (QED) is 0.486. The van der Waals surface area contributed by atoms with Gasteiger partial charge in [0.15, 0.2) is 0 Å². The third-order valence-corrected chi connectivity index (χ3v) is 4.30. The number of carbonyl (C=O) groups excluding carboxylic acids is 1. The fraction of sp³-hybridized carbons (Fsp3) is 0.200. The van der Waals surface area contributed by atoms with Crippen LogP contribution in [0.4, 0.5) is 10.5 Å². The largest absolute Gasteiger partial charge is 0.334 e. The standard InChI is InChI=1S/C20H21N5O3/c1-15-21-8-9-24(15)14-18-6-2-4-16(10-18)12-22-20(26)23-13-17-5-3-7-19(11-17)25(27)28/h2-11H,12-14H2,1H3,(H2,22,23,26). The average Bonchev–Trinajstić information content (AvgIpc) is 3.10. The maximum atomic E-state index is 12.0. The summed E-state index contributed by atoms with van der Waals surface area (Å²) in [6.07, 6.45) is 3.70. The number of amides is 2. The van der Waals surface area contributed by atoms with Gasteiger partial charge in [0.1, 0.15) is 5.82 Å². The van der Waals surface area contributed by atoms with Crippen molar-refractivity contribution in [2.45, 2.75) is 26.6 Å². The predicted molar refractivity (Wildman–Crippen MR) is 105 cm³/mol. The van der Waals surface area contributed by atoms with E-state index >= 15 is 0 Å². The lowest BCUT2D eigenvalue weighted by Crippen LogP contribution is -2.34. The molecule has 0 aliphatic carbocycles. The van der Waals surface area contributed by atoms with Gasteiger partial charge in [-0.2, -0.15) is 0 Å². The van der Waals surface area contributed by atoms with Crippen LogP contribution in [0.25, 0.3) is 0 Å². The minimum Gasteiger partial charge on any atom is -0.334 e. The number of hydrogen-bond donors (Lipinski definition) is 2. The Labute approximate surface area is 162 Å². The molecule has 3 aromatic rings. The van der Waals surface area contributed by atoms with Crippen molar-refractivity contribution < 1.29 is 9.72 Å². The number of aryl methyl sites for hydroxylation is 1. The molecule has 3 rings (SSSR count). The molecule has 0 radical (unpaired) electrons. The summed E-state index contributed by atoms with van der Waals surface area (Å²) in [5, 5.41) is 16.3. The van der Waals surface area contributed by atoms with Crippen molar-refractivity contribution >= 4 is 11.7 Å². The number of rotatable bonds is 7. The minimum atomic E-state index is -0.457. The van der Waals surface area contributed by atoms with Crippen molar-refractivity contribution in [3.63, 3.8) is 0 Å². The molecule has 0 spiro atoms. The number of nitro benzene ring substituents is 1. The Morgan fingerprint density at radius 1 is 1.07 bits per heavy atom. The zero-order valence-electron chi connectivity index (χ0n) is 15.5. The lowest BCUT2D eigenvalue weighted by molar-refractivity contribution is -0.384. The summed E-state index contributed by atoms with van der Waals surface area (Å²) in [7, 11) is 0. The summed E-state index contributed by atoms with van der Waals surface area (Å²) in [5.41, 5.74) is 2.78. The van der Waals surface area contributed by atoms with Crippen LogP contribution in [0.3, 0.4) is 0 Å². The number of urea groups is 1. The molecule has 2 aromatic carbocycles. The Morgan fingerprint density at radius 2 is 1.71 bits per heavy atom. The van der Waals surface area contributed by atoms with Gasteiger partial charge in [-0.3, -0.25) is 10.1 Å². The highest BCUT2D eigenvalue weighted by atomic mass is 16.6. The van der Waals surface area contributed by atoms with E-state index in [0.29, 0.717) is 12.1 Å². The summed E-state index contributed by atoms with van der Waals surface area (Å²) in [5.74, 6) is 0.948. The van der Waals surface area contributed by atoms with Crippen LogP contribution in [0.2, 0.25) is 0 Å². The number of aromatic nitrogens is 2. The second kappa shape index (κ2) is 8.81. The van der Waals surface area contributed by atoms with Gasteiger partial charge in [-0.05, 0) is 23.6 Å². The van der Waals surface area contributed by atoms with E-state index in [-0.39, 0.29) is 18.3 Å². The average molecular weight is 379 g/mol. The second-order valence-electron chi connectivity index (χ2n) is 6.39. The van der Waals surface area contributed by atoms with Crippen LogP contribution in [0, 0.1) is 17.0 Å². The van der Waals surface area contributed by atoms with E-state index in [1.807, 2.05) is 37.4 Å². The lowest BCUT2D eigenvalue weighted by Gasteiger charge is -2.10. The molecule has 2 N–H and O–H groups in total. The van der Waals surface area contributed by atoms with Crippen LogP contribution in [0.5, 0.6) is 0 Å². The molecule has 0 unspecified atom stereocenters. The molecule has 1 heterocycles. The van der Waals surface area contributed by atoms with Crippen LogP contribution >= 0.6 is 0 Å². The topological polar surface area (TPSA) is 102 Å². The van der Waals surface area contributed by atoms with E-state index in [2.05, 4.69) is 20.2 Å². The van der Waals surface area contributed by atoms with E-state index in [0.717, 1.165) is 23.5 Å². The number of imidazole rings is 1. The van der Waals surface area contributed by atoms with E-state index < -0.39 is 4.92 Å². The maximum absolute atomic E-state index is 12.0. The second-order valence-corrected chi connectivity index (χ2v) is 6.39. The Bertz CT molecular complexity index is 983. The molecule has 0 atom stereocenters. The highest BCUT2D eigenvalue weighted by Gasteiger charge is 2.07. The van der Waals surface area contributed by atoms with Crippen molar-refractivity contribution in [1.29, 1.82) is 0 Å². The van der Waals surface area contributed by atoms with Crippen molar-refractivity contribution in [3.8, 4) is 0 Å². The van der Waals surface area contributed by atoms with Gasteiger partial charge in [-0.1, -0.05) is 36.4 Å². The summed E-state index contributed by atoms with van der Waals surface area (Å²) in [6.45, 7) is 3.28. The fourth-order valence-electron chi connectivity index (χ4n) is 2.81. The number of nitrogens with zero attached hydrogens (tertiary/aromatic N) is 3. The molecule has 8 nitrogen and oxygen atoms in total. The van der Waals surface area contributed by atoms with Crippen molar-refractivity contribution in [1.82, 2.24) is 20.2 Å². The first-order chi connectivity index (χ1) is 13.5. The summed E-state index contributed by atoms with van der Waals surface area (Å²) < 4.78 is 2.05. The first-order valence-electron chi connectivity index (χ1n) is 8.82. The summed E-state index contributed by atoms with van der Waals surface area (Å²) in [6, 6.07) is 13.8. The molecule has 0 aliphatic heterocycles. The van der Waals surface area contributed by atoms with Crippen LogP contribution in [0.1, 0.15) is 22.5 Å². The van der Waals surface area contributed by atoms with Crippen LogP contribution in [0.15, 0.2) is 60.9 Å². The van der Waals surface area contributed by atoms with Crippen molar-refractivity contribution in [3.05, 3.63) is 93.6 Å². The maximum Gasteiger partial charge on any atom is 0.315 e. The monoisotopic (exact) mass is 379 g/mol.